The second-order valence-corrected chi connectivity index (χ2v) is 7.97. The fraction of sp³-hybridized carbons (Fsp3) is 0.318. The molecule has 9 heteroatoms. The van der Waals surface area contributed by atoms with Crippen LogP contribution in [-0.4, -0.2) is 37.8 Å². The molecule has 1 aliphatic heterocycles. The molecule has 3 rings (SSSR count). The summed E-state index contributed by atoms with van der Waals surface area (Å²) < 4.78 is 25.3. The zero-order chi connectivity index (χ0) is 22.4. The molecule has 1 heterocycles. The van der Waals surface area contributed by atoms with Gasteiger partial charge in [-0.1, -0.05) is 0 Å². The SMILES string of the molecule is CCOc1cc(/C=N\NC(=O)[C@H]2CC(=O)N(c3ccc(F)cc3)C2)cc(I)c1OCC. The second kappa shape index (κ2) is 10.6. The number of nitrogens with zero attached hydrogens (tertiary/aromatic N) is 2. The minimum absolute atomic E-state index is 0.0775. The molecule has 2 aromatic rings. The number of halogens is 2. The van der Waals surface area contributed by atoms with Crippen LogP contribution in [0.25, 0.3) is 0 Å². The van der Waals surface area contributed by atoms with E-state index in [0.717, 1.165) is 9.13 Å². The van der Waals surface area contributed by atoms with E-state index in [-0.39, 0.29) is 30.6 Å². The van der Waals surface area contributed by atoms with E-state index in [1.165, 1.54) is 35.4 Å². The molecule has 0 aromatic heterocycles. The molecule has 7 nitrogen and oxygen atoms in total. The fourth-order valence-corrected chi connectivity index (χ4v) is 4.01. The maximum absolute atomic E-state index is 13.1. The smallest absolute Gasteiger partial charge is 0.245 e. The van der Waals surface area contributed by atoms with Crippen molar-refractivity contribution in [2.45, 2.75) is 20.3 Å². The quantitative estimate of drug-likeness (QED) is 0.315. The van der Waals surface area contributed by atoms with Crippen LogP contribution >= 0.6 is 22.6 Å². The van der Waals surface area contributed by atoms with Crippen molar-refractivity contribution in [3.8, 4) is 11.5 Å². The Morgan fingerprint density at radius 2 is 1.97 bits per heavy atom. The van der Waals surface area contributed by atoms with Crippen molar-refractivity contribution in [3.63, 3.8) is 0 Å². The molecule has 0 unspecified atom stereocenters. The number of nitrogens with one attached hydrogen (secondary N) is 1. The van der Waals surface area contributed by atoms with Crippen molar-refractivity contribution in [1.29, 1.82) is 0 Å². The minimum Gasteiger partial charge on any atom is -0.490 e. The summed E-state index contributed by atoms with van der Waals surface area (Å²) in [6, 6.07) is 9.29. The van der Waals surface area contributed by atoms with Crippen molar-refractivity contribution < 1.29 is 23.5 Å². The zero-order valence-electron chi connectivity index (χ0n) is 17.2. The summed E-state index contributed by atoms with van der Waals surface area (Å²) in [4.78, 5) is 26.2. The third kappa shape index (κ3) is 5.72. The van der Waals surface area contributed by atoms with Gasteiger partial charge in [0, 0.05) is 18.7 Å². The molecule has 1 N–H and O–H groups in total. The van der Waals surface area contributed by atoms with E-state index >= 15 is 0 Å². The van der Waals surface area contributed by atoms with E-state index in [4.69, 9.17) is 9.47 Å². The number of carbonyl (C=O) groups excluding carboxylic acids is 2. The molecule has 1 aliphatic rings. The van der Waals surface area contributed by atoms with Gasteiger partial charge in [-0.15, -0.1) is 0 Å². The third-order valence-electron chi connectivity index (χ3n) is 4.64. The number of carbonyl (C=O) groups is 2. The first-order valence-corrected chi connectivity index (χ1v) is 11.0. The highest BCUT2D eigenvalue weighted by molar-refractivity contribution is 14.1. The number of ether oxygens (including phenoxy) is 2. The van der Waals surface area contributed by atoms with Gasteiger partial charge in [0.15, 0.2) is 11.5 Å². The average molecular weight is 539 g/mol. The van der Waals surface area contributed by atoms with Crippen LogP contribution in [0.15, 0.2) is 41.5 Å². The molecule has 2 aromatic carbocycles. The van der Waals surface area contributed by atoms with Crippen molar-refractivity contribution in [2.24, 2.45) is 11.0 Å². The molecule has 0 bridgehead atoms. The van der Waals surface area contributed by atoms with E-state index in [2.05, 4.69) is 33.1 Å². The van der Waals surface area contributed by atoms with E-state index in [1.54, 1.807) is 6.07 Å². The van der Waals surface area contributed by atoms with E-state index < -0.39 is 5.92 Å². The van der Waals surface area contributed by atoms with E-state index in [0.29, 0.717) is 30.4 Å². The summed E-state index contributed by atoms with van der Waals surface area (Å²) in [5.41, 5.74) is 3.81. The Hall–Kier alpha value is -2.69. The average Bonchev–Trinajstić information content (AvgIpc) is 3.13. The molecule has 0 aliphatic carbocycles. The monoisotopic (exact) mass is 539 g/mol. The Bertz CT molecular complexity index is 981. The molecule has 164 valence electrons. The molecule has 0 spiro atoms. The van der Waals surface area contributed by atoms with Crippen molar-refractivity contribution >= 4 is 46.3 Å². The van der Waals surface area contributed by atoms with Crippen molar-refractivity contribution in [3.05, 3.63) is 51.3 Å². The van der Waals surface area contributed by atoms with Gasteiger partial charge in [-0.3, -0.25) is 9.59 Å². The van der Waals surface area contributed by atoms with Gasteiger partial charge in [0.2, 0.25) is 11.8 Å². The molecule has 1 fully saturated rings. The van der Waals surface area contributed by atoms with Gasteiger partial charge in [0.1, 0.15) is 5.82 Å². The summed E-state index contributed by atoms with van der Waals surface area (Å²) in [7, 11) is 0. The molecular weight excluding hydrogens is 516 g/mol. The number of hydrazone groups is 1. The maximum Gasteiger partial charge on any atom is 0.245 e. The predicted molar refractivity (Wildman–Crippen MR) is 124 cm³/mol. The van der Waals surface area contributed by atoms with Crippen LogP contribution in [0.3, 0.4) is 0 Å². The van der Waals surface area contributed by atoms with Gasteiger partial charge in [-0.05, 0) is 78.4 Å². The van der Waals surface area contributed by atoms with Crippen molar-refractivity contribution in [1.82, 2.24) is 5.43 Å². The lowest BCUT2D eigenvalue weighted by atomic mass is 10.1. The third-order valence-corrected chi connectivity index (χ3v) is 5.44. The fourth-order valence-electron chi connectivity index (χ4n) is 3.23. The summed E-state index contributed by atoms with van der Waals surface area (Å²) >= 11 is 2.16. The van der Waals surface area contributed by atoms with Crippen LogP contribution in [0.2, 0.25) is 0 Å². The van der Waals surface area contributed by atoms with Gasteiger partial charge in [-0.2, -0.15) is 5.10 Å². The van der Waals surface area contributed by atoms with E-state index in [1.807, 2.05) is 19.9 Å². The lowest BCUT2D eigenvalue weighted by Gasteiger charge is -2.16. The Morgan fingerprint density at radius 3 is 2.65 bits per heavy atom. The number of amides is 2. The summed E-state index contributed by atoms with van der Waals surface area (Å²) in [6.45, 7) is 5.03. The topological polar surface area (TPSA) is 80.2 Å². The Balaban J connectivity index is 1.64. The summed E-state index contributed by atoms with van der Waals surface area (Å²) in [5.74, 6) is -0.153. The second-order valence-electron chi connectivity index (χ2n) is 6.81. The molecular formula is C22H23FIN3O4. The molecule has 31 heavy (non-hydrogen) atoms. The first kappa shape index (κ1) is 23.0. The lowest BCUT2D eigenvalue weighted by Crippen LogP contribution is -2.30. The van der Waals surface area contributed by atoms with E-state index in [9.17, 15) is 14.0 Å². The summed E-state index contributed by atoms with van der Waals surface area (Å²) in [5, 5.41) is 4.03. The van der Waals surface area contributed by atoms with Crippen LogP contribution in [-0.2, 0) is 9.59 Å². The van der Waals surface area contributed by atoms with Crippen LogP contribution in [0.1, 0.15) is 25.8 Å². The largest absolute Gasteiger partial charge is 0.490 e. The van der Waals surface area contributed by atoms with Gasteiger partial charge < -0.3 is 14.4 Å². The van der Waals surface area contributed by atoms with Crippen LogP contribution in [0, 0.1) is 15.3 Å². The molecule has 1 atom stereocenters. The highest BCUT2D eigenvalue weighted by Crippen LogP contribution is 2.34. The first-order valence-electron chi connectivity index (χ1n) is 9.90. The number of benzene rings is 2. The number of hydrogen-bond donors (Lipinski definition) is 1. The van der Waals surface area contributed by atoms with Crippen molar-refractivity contribution in [2.75, 3.05) is 24.7 Å². The standard InChI is InChI=1S/C22H23FIN3O4/c1-3-30-19-10-14(9-18(24)21(19)31-4-2)12-25-26-22(29)15-11-20(28)27(13-15)17-7-5-16(23)6-8-17/h5-10,12,15H,3-4,11,13H2,1-2H3,(H,26,29)/b25-12-/t15-/m0/s1. The van der Waals surface area contributed by atoms with Gasteiger partial charge in [-0.25, -0.2) is 9.82 Å². The molecule has 0 radical (unpaired) electrons. The highest BCUT2D eigenvalue weighted by atomic mass is 127. The van der Waals surface area contributed by atoms with Crippen LogP contribution < -0.4 is 19.8 Å². The van der Waals surface area contributed by atoms with Gasteiger partial charge >= 0.3 is 0 Å². The lowest BCUT2D eigenvalue weighted by molar-refractivity contribution is -0.126. The number of hydrogen-bond acceptors (Lipinski definition) is 5. The Morgan fingerprint density at radius 1 is 1.26 bits per heavy atom. The molecule has 0 saturated carbocycles. The maximum atomic E-state index is 13.1. The van der Waals surface area contributed by atoms with Gasteiger partial charge in [0.05, 0.1) is 28.9 Å². The Labute approximate surface area is 193 Å². The van der Waals surface area contributed by atoms with Gasteiger partial charge in [0.25, 0.3) is 0 Å². The summed E-state index contributed by atoms with van der Waals surface area (Å²) in [6.07, 6.45) is 1.60. The number of rotatable bonds is 8. The molecule has 2 amide bonds. The van der Waals surface area contributed by atoms with Crippen LogP contribution in [0.5, 0.6) is 11.5 Å². The number of anilines is 1. The Kier molecular flexibility index (Phi) is 7.83. The zero-order valence-corrected chi connectivity index (χ0v) is 19.4. The normalized spacial score (nSPS) is 16.1. The van der Waals surface area contributed by atoms with Crippen LogP contribution in [0.4, 0.5) is 10.1 Å². The molecule has 1 saturated heterocycles. The highest BCUT2D eigenvalue weighted by Gasteiger charge is 2.35. The predicted octanol–water partition coefficient (Wildman–Crippen LogP) is 3.73. The minimum atomic E-state index is -0.533. The first-order chi connectivity index (χ1) is 14.9.